The molecule has 0 spiro atoms. The fourth-order valence-electron chi connectivity index (χ4n) is 0.777. The van der Waals surface area contributed by atoms with Gasteiger partial charge in [0, 0.05) is 13.0 Å². The van der Waals surface area contributed by atoms with Gasteiger partial charge in [0.05, 0.1) is 6.10 Å². The first-order valence-electron chi connectivity index (χ1n) is 3.34. The van der Waals surface area contributed by atoms with E-state index in [0.29, 0.717) is 17.4 Å². The van der Waals surface area contributed by atoms with Gasteiger partial charge in [0.15, 0.2) is 5.22 Å². The first-order chi connectivity index (χ1) is 5.22. The van der Waals surface area contributed by atoms with Crippen molar-refractivity contribution in [3.05, 3.63) is 23.1 Å². The zero-order valence-electron chi connectivity index (χ0n) is 5.96. The Labute approximate surface area is 69.8 Å². The van der Waals surface area contributed by atoms with Gasteiger partial charge >= 0.3 is 0 Å². The number of aliphatic hydroxyl groups excluding tert-OH is 1. The number of furan rings is 1. The van der Waals surface area contributed by atoms with Crippen molar-refractivity contribution in [3.63, 3.8) is 0 Å². The highest BCUT2D eigenvalue weighted by atomic mass is 35.5. The van der Waals surface area contributed by atoms with Gasteiger partial charge in [-0.2, -0.15) is 0 Å². The predicted octanol–water partition coefficient (Wildman–Crippen LogP) is 0.795. The van der Waals surface area contributed by atoms with E-state index in [2.05, 4.69) is 0 Å². The molecule has 1 aromatic heterocycles. The van der Waals surface area contributed by atoms with Gasteiger partial charge in [0.1, 0.15) is 5.76 Å². The van der Waals surface area contributed by atoms with E-state index >= 15 is 0 Å². The minimum absolute atomic E-state index is 0.234. The molecule has 1 heterocycles. The standard InChI is InChI=1S/C7H10ClNO2/c8-7-2-1-6(11-7)3-5(10)4-9/h1-2,5,10H,3-4,9H2. The number of aliphatic hydroxyl groups is 1. The highest BCUT2D eigenvalue weighted by molar-refractivity contribution is 6.28. The molecule has 1 atom stereocenters. The number of hydrogen-bond acceptors (Lipinski definition) is 3. The Kier molecular flexibility index (Phi) is 2.93. The van der Waals surface area contributed by atoms with E-state index in [1.54, 1.807) is 12.1 Å². The van der Waals surface area contributed by atoms with Crippen LogP contribution in [-0.2, 0) is 6.42 Å². The average molecular weight is 176 g/mol. The Morgan fingerprint density at radius 3 is 2.82 bits per heavy atom. The molecule has 0 aliphatic heterocycles. The summed E-state index contributed by atoms with van der Waals surface area (Å²) in [6.45, 7) is 0.234. The first-order valence-corrected chi connectivity index (χ1v) is 3.72. The maximum Gasteiger partial charge on any atom is 0.193 e. The van der Waals surface area contributed by atoms with Crippen molar-refractivity contribution in [3.8, 4) is 0 Å². The third kappa shape index (κ3) is 2.54. The van der Waals surface area contributed by atoms with Crippen LogP contribution in [0.4, 0.5) is 0 Å². The van der Waals surface area contributed by atoms with Crippen LogP contribution in [0.3, 0.4) is 0 Å². The minimum Gasteiger partial charge on any atom is -0.450 e. The smallest absolute Gasteiger partial charge is 0.193 e. The molecule has 0 saturated carbocycles. The second-order valence-corrected chi connectivity index (χ2v) is 2.67. The Balaban J connectivity index is 2.50. The summed E-state index contributed by atoms with van der Waals surface area (Å²) in [6, 6.07) is 3.36. The molecule has 1 rings (SSSR count). The van der Waals surface area contributed by atoms with E-state index in [1.165, 1.54) is 0 Å². The van der Waals surface area contributed by atoms with Crippen molar-refractivity contribution in [1.29, 1.82) is 0 Å². The monoisotopic (exact) mass is 175 g/mol. The Morgan fingerprint density at radius 1 is 1.64 bits per heavy atom. The summed E-state index contributed by atoms with van der Waals surface area (Å²) in [7, 11) is 0. The fraction of sp³-hybridized carbons (Fsp3) is 0.429. The number of hydrogen-bond donors (Lipinski definition) is 2. The normalized spacial score (nSPS) is 13.4. The quantitative estimate of drug-likeness (QED) is 0.715. The molecule has 4 heteroatoms. The molecule has 3 nitrogen and oxygen atoms in total. The summed E-state index contributed by atoms with van der Waals surface area (Å²) in [6.07, 6.45) is -0.124. The molecule has 62 valence electrons. The molecule has 0 aromatic carbocycles. The largest absolute Gasteiger partial charge is 0.450 e. The number of nitrogens with two attached hydrogens (primary N) is 1. The molecule has 0 bridgehead atoms. The topological polar surface area (TPSA) is 59.4 Å². The fourth-order valence-corrected chi connectivity index (χ4v) is 0.939. The molecule has 0 aliphatic carbocycles. The van der Waals surface area contributed by atoms with E-state index in [9.17, 15) is 0 Å². The molecule has 3 N–H and O–H groups in total. The lowest BCUT2D eigenvalue weighted by Crippen LogP contribution is -2.21. The van der Waals surface area contributed by atoms with E-state index in [1.807, 2.05) is 0 Å². The second kappa shape index (κ2) is 3.76. The van der Waals surface area contributed by atoms with Gasteiger partial charge in [0.25, 0.3) is 0 Å². The van der Waals surface area contributed by atoms with Crippen LogP contribution in [0, 0.1) is 0 Å². The minimum atomic E-state index is -0.544. The predicted molar refractivity (Wildman–Crippen MR) is 42.5 cm³/mol. The van der Waals surface area contributed by atoms with E-state index in [-0.39, 0.29) is 6.54 Å². The molecular weight excluding hydrogens is 166 g/mol. The lowest BCUT2D eigenvalue weighted by Gasteiger charge is -2.02. The highest BCUT2D eigenvalue weighted by Gasteiger charge is 2.05. The number of halogens is 1. The van der Waals surface area contributed by atoms with Crippen LogP contribution in [0.5, 0.6) is 0 Å². The van der Waals surface area contributed by atoms with Crippen molar-refractivity contribution in [2.45, 2.75) is 12.5 Å². The van der Waals surface area contributed by atoms with Crippen LogP contribution in [0.1, 0.15) is 5.76 Å². The molecule has 0 amide bonds. The summed E-state index contributed by atoms with van der Waals surface area (Å²) < 4.78 is 5.01. The SMILES string of the molecule is NCC(O)Cc1ccc(Cl)o1. The Morgan fingerprint density at radius 2 is 2.36 bits per heavy atom. The van der Waals surface area contributed by atoms with Crippen molar-refractivity contribution in [2.75, 3.05) is 6.54 Å². The van der Waals surface area contributed by atoms with E-state index in [4.69, 9.17) is 26.9 Å². The van der Waals surface area contributed by atoms with E-state index in [0.717, 1.165) is 0 Å². The van der Waals surface area contributed by atoms with Crippen molar-refractivity contribution in [1.82, 2.24) is 0 Å². The second-order valence-electron chi connectivity index (χ2n) is 2.30. The van der Waals surface area contributed by atoms with Crippen molar-refractivity contribution >= 4 is 11.6 Å². The van der Waals surface area contributed by atoms with Crippen LogP contribution in [0.25, 0.3) is 0 Å². The summed E-state index contributed by atoms with van der Waals surface area (Å²) in [5, 5.41) is 9.43. The maximum absolute atomic E-state index is 9.09. The summed E-state index contributed by atoms with van der Waals surface area (Å²) >= 11 is 5.51. The molecule has 0 radical (unpaired) electrons. The van der Waals surface area contributed by atoms with Crippen molar-refractivity contribution in [2.24, 2.45) is 5.73 Å². The lowest BCUT2D eigenvalue weighted by atomic mass is 10.2. The summed E-state index contributed by atoms with van der Waals surface area (Å²) in [5.41, 5.74) is 5.20. The average Bonchev–Trinajstić information content (AvgIpc) is 2.35. The molecule has 11 heavy (non-hydrogen) atoms. The van der Waals surface area contributed by atoms with Crippen LogP contribution >= 0.6 is 11.6 Å². The van der Waals surface area contributed by atoms with Gasteiger partial charge in [-0.15, -0.1) is 0 Å². The molecule has 1 unspecified atom stereocenters. The van der Waals surface area contributed by atoms with Gasteiger partial charge in [-0.3, -0.25) is 0 Å². The van der Waals surface area contributed by atoms with Crippen LogP contribution < -0.4 is 5.73 Å². The Hall–Kier alpha value is -0.510. The molecule has 0 fully saturated rings. The van der Waals surface area contributed by atoms with Gasteiger partial charge < -0.3 is 15.3 Å². The third-order valence-electron chi connectivity index (χ3n) is 1.34. The summed E-state index contributed by atoms with van der Waals surface area (Å²) in [5.74, 6) is 0.660. The Bertz CT molecular complexity index is 224. The van der Waals surface area contributed by atoms with Crippen LogP contribution in [0.15, 0.2) is 16.5 Å². The molecule has 0 saturated heterocycles. The maximum atomic E-state index is 9.09. The van der Waals surface area contributed by atoms with Gasteiger partial charge in [0.2, 0.25) is 0 Å². The van der Waals surface area contributed by atoms with Gasteiger partial charge in [-0.1, -0.05) is 0 Å². The van der Waals surface area contributed by atoms with Crippen LogP contribution in [0.2, 0.25) is 5.22 Å². The highest BCUT2D eigenvalue weighted by Crippen LogP contribution is 2.14. The van der Waals surface area contributed by atoms with Crippen molar-refractivity contribution < 1.29 is 9.52 Å². The first kappa shape index (κ1) is 8.59. The lowest BCUT2D eigenvalue weighted by molar-refractivity contribution is 0.175. The third-order valence-corrected chi connectivity index (χ3v) is 1.54. The van der Waals surface area contributed by atoms with E-state index < -0.39 is 6.10 Å². The molecular formula is C7H10ClNO2. The van der Waals surface area contributed by atoms with Gasteiger partial charge in [-0.25, -0.2) is 0 Å². The zero-order chi connectivity index (χ0) is 8.27. The molecule has 1 aromatic rings. The zero-order valence-corrected chi connectivity index (χ0v) is 6.71. The number of rotatable bonds is 3. The molecule has 0 aliphatic rings. The van der Waals surface area contributed by atoms with Crippen LogP contribution in [-0.4, -0.2) is 17.8 Å². The summed E-state index contributed by atoms with van der Waals surface area (Å²) in [4.78, 5) is 0. The van der Waals surface area contributed by atoms with Gasteiger partial charge in [-0.05, 0) is 23.7 Å².